The Kier molecular flexibility index (Phi) is 7.96. The summed E-state index contributed by atoms with van der Waals surface area (Å²) in [6.45, 7) is 0. The normalized spacial score (nSPS) is 11.8. The maximum Gasteiger partial charge on any atom is 0.0497 e. The van der Waals surface area contributed by atoms with Gasteiger partial charge in [-0.25, -0.2) is 0 Å². The molecule has 0 bridgehead atoms. The van der Waals surface area contributed by atoms with Gasteiger partial charge in [0.05, 0.1) is 0 Å². The molecular formula is C49H36N2. The molecule has 1 aliphatic heterocycles. The van der Waals surface area contributed by atoms with E-state index < -0.39 is 0 Å². The maximum atomic E-state index is 2.41. The van der Waals surface area contributed by atoms with Gasteiger partial charge in [0, 0.05) is 40.5 Å². The first kappa shape index (κ1) is 30.4. The lowest BCUT2D eigenvalue weighted by Crippen LogP contribution is -2.18. The molecule has 0 aromatic heterocycles. The fourth-order valence-corrected chi connectivity index (χ4v) is 7.33. The van der Waals surface area contributed by atoms with Crippen molar-refractivity contribution in [1.82, 2.24) is 0 Å². The van der Waals surface area contributed by atoms with Crippen molar-refractivity contribution >= 4 is 34.1 Å². The van der Waals surface area contributed by atoms with Crippen molar-refractivity contribution in [2.45, 2.75) is 6.42 Å². The fraction of sp³-hybridized carbons (Fsp3) is 0.0204. The lowest BCUT2D eigenvalue weighted by atomic mass is 9.90. The van der Waals surface area contributed by atoms with E-state index in [1.165, 1.54) is 61.6 Å². The van der Waals surface area contributed by atoms with Crippen molar-refractivity contribution in [3.05, 3.63) is 217 Å². The zero-order valence-electron chi connectivity index (χ0n) is 28.2. The number of hydrogen-bond donors (Lipinski definition) is 0. The molecule has 51 heavy (non-hydrogen) atoms. The molecule has 8 aromatic carbocycles. The number of benzene rings is 8. The van der Waals surface area contributed by atoms with Gasteiger partial charge in [-0.05, 0) is 117 Å². The highest BCUT2D eigenvalue weighted by Gasteiger charge is 2.25. The van der Waals surface area contributed by atoms with Crippen LogP contribution in [0.25, 0.3) is 33.4 Å². The minimum Gasteiger partial charge on any atom is -0.311 e. The molecule has 2 nitrogen and oxygen atoms in total. The summed E-state index contributed by atoms with van der Waals surface area (Å²) < 4.78 is 0. The van der Waals surface area contributed by atoms with Crippen LogP contribution in [0.15, 0.2) is 206 Å². The zero-order chi connectivity index (χ0) is 34.0. The van der Waals surface area contributed by atoms with E-state index in [4.69, 9.17) is 0 Å². The molecule has 8 aromatic rings. The SMILES string of the molecule is c1ccc(-c2ccc(N(c3ccccc3)c3ccc(-c4ccc5c(c4)Cc4cc(-c6ccccc6)ccc4N5c4ccccc4)cc3)cc2)cc1. The monoisotopic (exact) mass is 652 g/mol. The smallest absolute Gasteiger partial charge is 0.0497 e. The largest absolute Gasteiger partial charge is 0.311 e. The van der Waals surface area contributed by atoms with Crippen LogP contribution in [0.2, 0.25) is 0 Å². The Morgan fingerprint density at radius 2 is 0.667 bits per heavy atom. The molecule has 0 unspecified atom stereocenters. The van der Waals surface area contributed by atoms with Gasteiger partial charge in [-0.3, -0.25) is 0 Å². The predicted molar refractivity (Wildman–Crippen MR) is 215 cm³/mol. The summed E-state index contributed by atoms with van der Waals surface area (Å²) in [6, 6.07) is 74.2. The number of hydrogen-bond acceptors (Lipinski definition) is 2. The van der Waals surface area contributed by atoms with Crippen molar-refractivity contribution in [2.75, 3.05) is 9.80 Å². The quantitative estimate of drug-likeness (QED) is 0.169. The maximum absolute atomic E-state index is 2.41. The van der Waals surface area contributed by atoms with Crippen molar-refractivity contribution in [3.8, 4) is 33.4 Å². The van der Waals surface area contributed by atoms with Crippen LogP contribution >= 0.6 is 0 Å². The molecule has 0 fully saturated rings. The highest BCUT2D eigenvalue weighted by Crippen LogP contribution is 2.46. The van der Waals surface area contributed by atoms with Crippen molar-refractivity contribution in [2.24, 2.45) is 0 Å². The van der Waals surface area contributed by atoms with Crippen LogP contribution in [0.4, 0.5) is 34.1 Å². The van der Waals surface area contributed by atoms with Crippen LogP contribution in [-0.2, 0) is 6.42 Å². The molecule has 0 atom stereocenters. The molecule has 0 aliphatic carbocycles. The second-order valence-corrected chi connectivity index (χ2v) is 13.0. The minimum absolute atomic E-state index is 0.876. The molecule has 0 spiro atoms. The van der Waals surface area contributed by atoms with E-state index in [0.717, 1.165) is 23.5 Å². The van der Waals surface area contributed by atoms with Crippen LogP contribution < -0.4 is 9.80 Å². The van der Waals surface area contributed by atoms with E-state index in [1.807, 2.05) is 0 Å². The van der Waals surface area contributed by atoms with Gasteiger partial charge in [-0.15, -0.1) is 0 Å². The van der Waals surface area contributed by atoms with Crippen molar-refractivity contribution in [3.63, 3.8) is 0 Å². The Labute approximate surface area is 300 Å². The highest BCUT2D eigenvalue weighted by molar-refractivity contribution is 5.87. The molecule has 0 saturated carbocycles. The Balaban J connectivity index is 1.07. The van der Waals surface area contributed by atoms with Crippen LogP contribution in [0.5, 0.6) is 0 Å². The van der Waals surface area contributed by atoms with Gasteiger partial charge < -0.3 is 9.80 Å². The Morgan fingerprint density at radius 1 is 0.314 bits per heavy atom. The highest BCUT2D eigenvalue weighted by atomic mass is 15.2. The van der Waals surface area contributed by atoms with Crippen molar-refractivity contribution < 1.29 is 0 Å². The first-order valence-corrected chi connectivity index (χ1v) is 17.6. The molecule has 1 aliphatic rings. The van der Waals surface area contributed by atoms with E-state index >= 15 is 0 Å². The number of rotatable bonds is 7. The summed E-state index contributed by atoms with van der Waals surface area (Å²) in [4.78, 5) is 4.74. The van der Waals surface area contributed by atoms with Crippen molar-refractivity contribution in [1.29, 1.82) is 0 Å². The summed E-state index contributed by atoms with van der Waals surface area (Å²) >= 11 is 0. The minimum atomic E-state index is 0.876. The van der Waals surface area contributed by atoms with Gasteiger partial charge >= 0.3 is 0 Å². The number of nitrogens with zero attached hydrogens (tertiary/aromatic N) is 2. The third-order valence-corrected chi connectivity index (χ3v) is 9.85. The van der Waals surface area contributed by atoms with Crippen LogP contribution in [0.1, 0.15) is 11.1 Å². The molecule has 242 valence electrons. The third kappa shape index (κ3) is 5.98. The van der Waals surface area contributed by atoms with E-state index in [-0.39, 0.29) is 0 Å². The summed E-state index contributed by atoms with van der Waals surface area (Å²) in [5.41, 5.74) is 17.0. The number of anilines is 6. The average molecular weight is 653 g/mol. The summed E-state index contributed by atoms with van der Waals surface area (Å²) in [7, 11) is 0. The van der Waals surface area contributed by atoms with Gasteiger partial charge in [0.2, 0.25) is 0 Å². The van der Waals surface area contributed by atoms with Gasteiger partial charge in [-0.2, -0.15) is 0 Å². The first-order valence-electron chi connectivity index (χ1n) is 17.6. The Morgan fingerprint density at radius 3 is 1.16 bits per heavy atom. The van der Waals surface area contributed by atoms with Gasteiger partial charge in [0.1, 0.15) is 0 Å². The van der Waals surface area contributed by atoms with Gasteiger partial charge in [0.25, 0.3) is 0 Å². The van der Waals surface area contributed by atoms with E-state index in [9.17, 15) is 0 Å². The summed E-state index contributed by atoms with van der Waals surface area (Å²) in [6.07, 6.45) is 0.876. The molecule has 9 rings (SSSR count). The molecule has 0 amide bonds. The Bertz CT molecular complexity index is 2400. The van der Waals surface area contributed by atoms with Crippen LogP contribution in [0, 0.1) is 0 Å². The lowest BCUT2D eigenvalue weighted by Gasteiger charge is -2.34. The molecule has 1 heterocycles. The fourth-order valence-electron chi connectivity index (χ4n) is 7.33. The van der Waals surface area contributed by atoms with Crippen LogP contribution in [-0.4, -0.2) is 0 Å². The number of fused-ring (bicyclic) bond motifs is 2. The molecule has 0 saturated heterocycles. The number of para-hydroxylation sites is 2. The summed E-state index contributed by atoms with van der Waals surface area (Å²) in [5, 5.41) is 0. The van der Waals surface area contributed by atoms with E-state index in [2.05, 4.69) is 216 Å². The second kappa shape index (κ2) is 13.3. The molecular weight excluding hydrogens is 617 g/mol. The van der Waals surface area contributed by atoms with Crippen LogP contribution in [0.3, 0.4) is 0 Å². The molecule has 2 heteroatoms. The average Bonchev–Trinajstić information content (AvgIpc) is 3.21. The summed E-state index contributed by atoms with van der Waals surface area (Å²) in [5.74, 6) is 0. The zero-order valence-corrected chi connectivity index (χ0v) is 28.2. The third-order valence-electron chi connectivity index (χ3n) is 9.85. The van der Waals surface area contributed by atoms with E-state index in [1.54, 1.807) is 0 Å². The Hall–Kier alpha value is -6.64. The predicted octanol–water partition coefficient (Wildman–Crippen LogP) is 13.5. The van der Waals surface area contributed by atoms with Gasteiger partial charge in [0.15, 0.2) is 0 Å². The molecule has 0 radical (unpaired) electrons. The topological polar surface area (TPSA) is 6.48 Å². The second-order valence-electron chi connectivity index (χ2n) is 13.0. The molecule has 0 N–H and O–H groups in total. The van der Waals surface area contributed by atoms with Gasteiger partial charge in [-0.1, -0.05) is 133 Å². The standard InChI is InChI=1S/C49H36N2/c1-5-13-36(14-6-1)38-21-27-46(28-22-38)50(44-17-9-3-10-18-44)47-29-23-39(24-30-47)41-26-32-49-43(34-41)35-42-33-40(37-15-7-2-8-16-37)25-31-48(42)51(49)45-19-11-4-12-20-45/h1-34H,35H2. The van der Waals surface area contributed by atoms with E-state index in [0.29, 0.717) is 0 Å². The first-order chi connectivity index (χ1) is 25.3. The lowest BCUT2D eigenvalue weighted by molar-refractivity contribution is 1.09.